The van der Waals surface area contributed by atoms with Crippen molar-refractivity contribution in [2.24, 2.45) is 15.7 Å². The number of hydrogen-bond acceptors (Lipinski definition) is 25. The summed E-state index contributed by atoms with van der Waals surface area (Å²) in [7, 11) is 3.15. The Bertz CT molecular complexity index is 4640. The molecule has 662 valence electrons. The molecule has 0 radical (unpaired) electrons. The molecule has 0 aliphatic carbocycles. The van der Waals surface area contributed by atoms with Gasteiger partial charge in [0.25, 0.3) is 35.4 Å². The number of benzene rings is 4. The van der Waals surface area contributed by atoms with Gasteiger partial charge in [0.05, 0.1) is 75.1 Å². The zero-order valence-corrected chi connectivity index (χ0v) is 72.1. The Morgan fingerprint density at radius 2 is 0.959 bits per heavy atom. The number of carboxylic acid groups (broad SMARTS) is 1. The number of aryl methyl sites for hydroxylation is 1. The van der Waals surface area contributed by atoms with Crippen molar-refractivity contribution >= 4 is 141 Å². The van der Waals surface area contributed by atoms with E-state index in [1.807, 2.05) is 87.9 Å². The first-order valence-corrected chi connectivity index (χ1v) is 40.9. The topological polar surface area (TPSA) is 456 Å². The number of carbonyl (C=O) groups is 15. The number of unbranched alkanes of at least 4 members (excludes halogenated alkanes) is 4. The lowest BCUT2D eigenvalue weighted by Crippen LogP contribution is -2.37. The third kappa shape index (κ3) is 33.1. The van der Waals surface area contributed by atoms with E-state index in [1.165, 1.54) is 31.4 Å². The number of fused-ring (bicyclic) bond motifs is 4. The van der Waals surface area contributed by atoms with Crippen LogP contribution in [0.25, 0.3) is 11.1 Å². The zero-order valence-electron chi connectivity index (χ0n) is 71.3. The number of ether oxygens (including phenoxy) is 6. The summed E-state index contributed by atoms with van der Waals surface area (Å²) in [6, 6.07) is 21.5. The Balaban J connectivity index is 0.000000394. The number of carbonyl (C=O) groups excluding carboxylic acids is 14. The molecule has 10 amide bonds. The maximum atomic E-state index is 14.0. The van der Waals surface area contributed by atoms with Crippen molar-refractivity contribution in [3.05, 3.63) is 137 Å². The van der Waals surface area contributed by atoms with E-state index in [-0.39, 0.29) is 148 Å². The van der Waals surface area contributed by atoms with Crippen molar-refractivity contribution < 1.29 is 105 Å². The molecule has 6 heterocycles. The molecular formula is C88H111ClN12O22. The van der Waals surface area contributed by atoms with Crippen LogP contribution in [0.4, 0.5) is 17.1 Å². The molecule has 2 atom stereocenters. The number of nitrogens with zero attached hydrogens (tertiary/aromatic N) is 6. The van der Waals surface area contributed by atoms with Crippen LogP contribution in [0, 0.1) is 6.92 Å². The molecule has 0 saturated carbocycles. The molecular weight excluding hydrogens is 1610 g/mol. The van der Waals surface area contributed by atoms with Gasteiger partial charge in [-0.1, -0.05) is 51.0 Å². The predicted octanol–water partition coefficient (Wildman–Crippen LogP) is 9.22. The van der Waals surface area contributed by atoms with Crippen LogP contribution in [0.15, 0.2) is 119 Å². The summed E-state index contributed by atoms with van der Waals surface area (Å²) in [5.41, 5.74) is 11.2. The smallest absolute Gasteiger partial charge is 0.325 e. The number of anilines is 1. The van der Waals surface area contributed by atoms with E-state index in [0.29, 0.717) is 129 Å². The maximum Gasteiger partial charge on any atom is 0.325 e. The van der Waals surface area contributed by atoms with Crippen LogP contribution in [0.5, 0.6) is 23.0 Å². The van der Waals surface area contributed by atoms with E-state index in [0.717, 1.165) is 43.4 Å². The van der Waals surface area contributed by atoms with Crippen molar-refractivity contribution in [3.63, 3.8) is 0 Å². The number of hydrogen-bond donors (Lipinski definition) is 7. The van der Waals surface area contributed by atoms with Gasteiger partial charge < -0.3 is 70.3 Å². The van der Waals surface area contributed by atoms with Gasteiger partial charge in [0.2, 0.25) is 23.6 Å². The molecule has 123 heavy (non-hydrogen) atoms. The molecule has 35 heteroatoms. The van der Waals surface area contributed by atoms with E-state index in [2.05, 4.69) is 26.1 Å². The molecule has 0 bridgehead atoms. The summed E-state index contributed by atoms with van der Waals surface area (Å²) in [6.45, 7) is 17.0. The Morgan fingerprint density at radius 1 is 0.504 bits per heavy atom. The summed E-state index contributed by atoms with van der Waals surface area (Å²) < 4.78 is 33.1. The van der Waals surface area contributed by atoms with Gasteiger partial charge in [0.1, 0.15) is 48.1 Å². The number of rotatable bonds is 38. The molecule has 10 rings (SSSR count). The number of nitrogens with one attached hydrogen (secondary N) is 5. The van der Waals surface area contributed by atoms with E-state index in [9.17, 15) is 71.9 Å². The highest BCUT2D eigenvalue weighted by molar-refractivity contribution is 6.15. The van der Waals surface area contributed by atoms with E-state index >= 15 is 0 Å². The second-order valence-electron chi connectivity index (χ2n) is 30.3. The van der Waals surface area contributed by atoms with Gasteiger partial charge in [0.15, 0.2) is 17.3 Å². The lowest BCUT2D eigenvalue weighted by Gasteiger charge is -2.19. The van der Waals surface area contributed by atoms with Crippen LogP contribution in [-0.4, -0.2) is 222 Å². The first-order chi connectivity index (χ1) is 58.5. The Hall–Kier alpha value is -12.6. The van der Waals surface area contributed by atoms with Gasteiger partial charge in [-0.3, -0.25) is 91.7 Å². The highest BCUT2D eigenvalue weighted by Crippen LogP contribution is 2.41. The minimum Gasteiger partial charge on any atom is -0.497 e. The molecule has 4 aromatic rings. The molecule has 0 spiro atoms. The largest absolute Gasteiger partial charge is 0.497 e. The molecule has 0 aromatic heterocycles. The fourth-order valence-electron chi connectivity index (χ4n) is 12.5. The van der Waals surface area contributed by atoms with Gasteiger partial charge in [-0.2, -0.15) is 0 Å². The SMILES string of the molecule is CC.CC(C)(C)OC(=O)CNC(=O)CN.CC(C)(C)OC(=O)CNCl.COc1ccc(C2=CN3C(=O)c4cc(C)c(OCCCOc5cc6c(cc5OC)C(=O)N5C=C(c7ccc(NC(=O)CCC(=O)CNC(=O)CCCCCN8C(=O)C=CC8=O)cc7)C[C@H]5C=N6)cc4N=C[C@@H]3C2)cc1.O=C(O)CNC(=O)CCC(=O)CCCCCN1C(=O)C=CC1=O. The third-order valence-electron chi connectivity index (χ3n) is 18.5. The van der Waals surface area contributed by atoms with Gasteiger partial charge in [-0.05, 0) is 150 Å². The Kier molecular flexibility index (Phi) is 39.8. The van der Waals surface area contributed by atoms with Crippen molar-refractivity contribution in [1.82, 2.24) is 40.4 Å². The fourth-order valence-corrected chi connectivity index (χ4v) is 12.6. The number of carboxylic acids is 1. The fraction of sp³-hybridized carbons (Fsp3) is 0.443. The molecule has 4 aromatic carbocycles. The summed E-state index contributed by atoms with van der Waals surface area (Å²) in [5, 5.41) is 18.3. The summed E-state index contributed by atoms with van der Waals surface area (Å²) in [4.78, 5) is 194. The number of Topliss-reactive ketones (excluding diaryl/α,β-unsaturated/α-hetero) is 2. The van der Waals surface area contributed by atoms with Crippen LogP contribution < -0.4 is 50.8 Å². The third-order valence-corrected chi connectivity index (χ3v) is 18.6. The van der Waals surface area contributed by atoms with Gasteiger partial charge >= 0.3 is 17.9 Å². The molecule has 34 nitrogen and oxygen atoms in total. The summed E-state index contributed by atoms with van der Waals surface area (Å²) >= 11 is 5.07. The van der Waals surface area contributed by atoms with Gasteiger partial charge in [-0.15, -0.1) is 0 Å². The average molecular weight is 1720 g/mol. The minimum atomic E-state index is -1.13. The number of aliphatic imine (C=N–C) groups is 2. The van der Waals surface area contributed by atoms with Gasteiger partial charge in [0, 0.05) is 138 Å². The van der Waals surface area contributed by atoms with Crippen molar-refractivity contribution in [1.29, 1.82) is 0 Å². The van der Waals surface area contributed by atoms with Crippen molar-refractivity contribution in [2.75, 3.05) is 78.6 Å². The number of halogens is 1. The first-order valence-electron chi connectivity index (χ1n) is 40.5. The predicted molar refractivity (Wildman–Crippen MR) is 459 cm³/mol. The standard InChI is InChI=1S/C57H57N7O11.C15H20N2O6.C8H16N2O3.C6H12ClNO2.C2H6/c1-35-24-45-47(58-30-41-26-39(34-63(41)56(45)70)37-11-16-44(72-2)17-12-37)28-49(35)74-22-7-23-75-51-29-48-46(27-50(51)73-3)57(71)64-33-38(25-42(64)31-59-48)36-9-13-40(14-10-36)61-53(67)18-15-43(65)32-60-52(66)8-5-4-6-21-62-54(68)19-20-55(62)69;18-11(5-6-12(19)16-10-15(22)23)4-2-1-3-9-17-13(20)7-8-14(17)21;1-8(2,3)13-7(12)5-10-6(11)4-9;1-6(2,3)10-5(9)4-8-7;1-2/h9-14,16-17,19-20,24,27-31,33-34,41-42H,4-8,15,18,21-23,25-26,32H2,1-3H3,(H,60,66)(H,61,67);7-8H,1-6,9-10H2,(H,16,19)(H,22,23);4-5,9H2,1-3H3,(H,10,11);8H,4H2,1-3H3;1-2H3/t41-,42-;;;;/m0..../s1. The quantitative estimate of drug-likeness (QED) is 0.00950. The molecule has 8 N–H and O–H groups in total. The molecule has 0 unspecified atom stereocenters. The van der Waals surface area contributed by atoms with Crippen LogP contribution >= 0.6 is 11.8 Å². The minimum absolute atomic E-state index is 0.0193. The molecule has 0 fully saturated rings. The van der Waals surface area contributed by atoms with Crippen LogP contribution in [0.2, 0.25) is 0 Å². The summed E-state index contributed by atoms with van der Waals surface area (Å²) in [6.07, 6.45) is 18.2. The Morgan fingerprint density at radius 3 is 1.46 bits per heavy atom. The molecule has 0 saturated heterocycles. The number of imide groups is 2. The number of ketones is 2. The lowest BCUT2D eigenvalue weighted by atomic mass is 10.0. The van der Waals surface area contributed by atoms with Crippen LogP contribution in [-0.2, 0) is 71.8 Å². The monoisotopic (exact) mass is 1720 g/mol. The number of esters is 2. The highest BCUT2D eigenvalue weighted by Gasteiger charge is 2.36. The Labute approximate surface area is 719 Å². The van der Waals surface area contributed by atoms with E-state index in [4.69, 9.17) is 61.0 Å². The van der Waals surface area contributed by atoms with E-state index in [1.54, 1.807) is 88.9 Å². The molecule has 6 aliphatic heterocycles. The summed E-state index contributed by atoms with van der Waals surface area (Å²) in [5.74, 6) is -3.13. The van der Waals surface area contributed by atoms with Crippen LogP contribution in [0.1, 0.15) is 189 Å². The second-order valence-corrected chi connectivity index (χ2v) is 30.6. The highest BCUT2D eigenvalue weighted by atomic mass is 35.5. The number of aliphatic carboxylic acids is 1. The van der Waals surface area contributed by atoms with E-state index < -0.39 is 35.6 Å². The normalized spacial score (nSPS) is 15.1. The van der Waals surface area contributed by atoms with Gasteiger partial charge in [-0.25, -0.2) is 4.84 Å². The maximum absolute atomic E-state index is 14.0. The lowest BCUT2D eigenvalue weighted by molar-refractivity contribution is -0.155. The van der Waals surface area contributed by atoms with Crippen molar-refractivity contribution in [3.8, 4) is 23.0 Å². The number of methoxy groups -OCH3 is 2. The first kappa shape index (κ1) is 99.3. The average Bonchev–Trinajstić information content (AvgIpc) is 1.64. The number of amides is 10. The second kappa shape index (κ2) is 49.4. The zero-order chi connectivity index (χ0) is 90.5. The van der Waals surface area contributed by atoms with Crippen LogP contribution in [0.3, 0.4) is 0 Å². The molecule has 6 aliphatic rings. The van der Waals surface area contributed by atoms with Crippen molar-refractivity contribution in [2.45, 2.75) is 182 Å². The number of nitrogens with two attached hydrogens (primary N) is 1.